The second-order valence-corrected chi connectivity index (χ2v) is 4.25. The SMILES string of the molecule is Cc1nn(C)c(Oc2cncc(Cl)c2)c1C(N)=NO. The zero-order valence-electron chi connectivity index (χ0n) is 10.3. The third-order valence-corrected chi connectivity index (χ3v) is 2.63. The van der Waals surface area contributed by atoms with Gasteiger partial charge >= 0.3 is 0 Å². The second-order valence-electron chi connectivity index (χ2n) is 3.82. The summed E-state index contributed by atoms with van der Waals surface area (Å²) in [5, 5.41) is 16.4. The normalized spacial score (nSPS) is 11.6. The molecule has 0 aliphatic heterocycles. The molecule has 0 atom stereocenters. The lowest BCUT2D eigenvalue weighted by molar-refractivity contribution is 0.318. The summed E-state index contributed by atoms with van der Waals surface area (Å²) >= 11 is 5.83. The number of aryl methyl sites for hydroxylation is 2. The monoisotopic (exact) mass is 281 g/mol. The molecule has 0 spiro atoms. The van der Waals surface area contributed by atoms with Gasteiger partial charge in [-0.15, -0.1) is 0 Å². The van der Waals surface area contributed by atoms with E-state index in [1.54, 1.807) is 20.0 Å². The molecule has 0 unspecified atom stereocenters. The fraction of sp³-hybridized carbons (Fsp3) is 0.182. The summed E-state index contributed by atoms with van der Waals surface area (Å²) in [4.78, 5) is 3.91. The van der Waals surface area contributed by atoms with Crippen molar-refractivity contribution in [1.82, 2.24) is 14.8 Å². The second kappa shape index (κ2) is 5.15. The van der Waals surface area contributed by atoms with Gasteiger partial charge in [-0.05, 0) is 6.92 Å². The summed E-state index contributed by atoms with van der Waals surface area (Å²) in [5.74, 6) is 0.704. The van der Waals surface area contributed by atoms with Crippen LogP contribution in [0.2, 0.25) is 5.02 Å². The lowest BCUT2D eigenvalue weighted by Crippen LogP contribution is -2.15. The van der Waals surface area contributed by atoms with Crippen LogP contribution < -0.4 is 10.5 Å². The number of hydrogen-bond donors (Lipinski definition) is 2. The number of halogens is 1. The molecule has 0 saturated carbocycles. The van der Waals surface area contributed by atoms with E-state index in [0.717, 1.165) is 0 Å². The highest BCUT2D eigenvalue weighted by molar-refractivity contribution is 6.30. The lowest BCUT2D eigenvalue weighted by Gasteiger charge is -2.07. The largest absolute Gasteiger partial charge is 0.437 e. The molecule has 2 heterocycles. The number of rotatable bonds is 3. The van der Waals surface area contributed by atoms with Gasteiger partial charge in [-0.3, -0.25) is 4.98 Å². The van der Waals surface area contributed by atoms with Gasteiger partial charge in [-0.2, -0.15) is 5.10 Å². The van der Waals surface area contributed by atoms with E-state index in [-0.39, 0.29) is 5.84 Å². The van der Waals surface area contributed by atoms with Gasteiger partial charge in [0.2, 0.25) is 5.88 Å². The number of pyridine rings is 1. The molecule has 3 N–H and O–H groups in total. The quantitative estimate of drug-likeness (QED) is 0.386. The van der Waals surface area contributed by atoms with Gasteiger partial charge in [0.05, 0.1) is 16.9 Å². The van der Waals surface area contributed by atoms with Gasteiger partial charge < -0.3 is 15.7 Å². The number of nitrogens with zero attached hydrogens (tertiary/aromatic N) is 4. The molecule has 2 aromatic heterocycles. The maximum Gasteiger partial charge on any atom is 0.229 e. The molecule has 0 aromatic carbocycles. The third-order valence-electron chi connectivity index (χ3n) is 2.43. The fourth-order valence-corrected chi connectivity index (χ4v) is 1.82. The van der Waals surface area contributed by atoms with Gasteiger partial charge in [0, 0.05) is 19.3 Å². The van der Waals surface area contributed by atoms with Crippen LogP contribution in [0.25, 0.3) is 0 Å². The molecule has 0 fully saturated rings. The van der Waals surface area contributed by atoms with Crippen LogP contribution in [0.4, 0.5) is 0 Å². The van der Waals surface area contributed by atoms with Crippen molar-refractivity contribution in [2.45, 2.75) is 6.92 Å². The van der Waals surface area contributed by atoms with Crippen molar-refractivity contribution in [1.29, 1.82) is 0 Å². The van der Waals surface area contributed by atoms with Crippen LogP contribution in [0.5, 0.6) is 11.6 Å². The zero-order valence-corrected chi connectivity index (χ0v) is 11.1. The number of oxime groups is 1. The van der Waals surface area contributed by atoms with Crippen molar-refractivity contribution in [2.24, 2.45) is 17.9 Å². The Hall–Kier alpha value is -2.28. The Labute approximate surface area is 114 Å². The molecule has 2 aromatic rings. The van der Waals surface area contributed by atoms with Crippen LogP contribution in [0, 0.1) is 6.92 Å². The van der Waals surface area contributed by atoms with Crippen LogP contribution >= 0.6 is 11.6 Å². The standard InChI is InChI=1S/C11H12ClN5O2/c1-6-9(10(13)16-18)11(17(2)15-6)19-8-3-7(12)4-14-5-8/h3-5,18H,1-2H3,(H2,13,16). The molecule has 0 bridgehead atoms. The molecule has 0 aliphatic carbocycles. The first kappa shape index (κ1) is 13.2. The number of aromatic nitrogens is 3. The maximum absolute atomic E-state index is 8.79. The summed E-state index contributed by atoms with van der Waals surface area (Å²) < 4.78 is 7.14. The van der Waals surface area contributed by atoms with Gasteiger partial charge in [-0.25, -0.2) is 4.68 Å². The molecule has 19 heavy (non-hydrogen) atoms. The molecule has 7 nitrogen and oxygen atoms in total. The van der Waals surface area contributed by atoms with Gasteiger partial charge in [0.25, 0.3) is 0 Å². The predicted octanol–water partition coefficient (Wildman–Crippen LogP) is 1.66. The predicted molar refractivity (Wildman–Crippen MR) is 69.8 cm³/mol. The Morgan fingerprint density at radius 2 is 2.26 bits per heavy atom. The van der Waals surface area contributed by atoms with Crippen molar-refractivity contribution >= 4 is 17.4 Å². The Bertz CT molecular complexity index is 638. The topological polar surface area (TPSA) is 98.5 Å². The van der Waals surface area contributed by atoms with E-state index >= 15 is 0 Å². The minimum Gasteiger partial charge on any atom is -0.437 e. The van der Waals surface area contributed by atoms with Crippen LogP contribution in [-0.2, 0) is 7.05 Å². The lowest BCUT2D eigenvalue weighted by atomic mass is 10.2. The van der Waals surface area contributed by atoms with Gasteiger partial charge in [-0.1, -0.05) is 16.8 Å². The first-order chi connectivity index (χ1) is 9.02. The van der Waals surface area contributed by atoms with Crippen LogP contribution in [0.15, 0.2) is 23.6 Å². The van der Waals surface area contributed by atoms with Crippen molar-refractivity contribution in [3.05, 3.63) is 34.7 Å². The average Bonchev–Trinajstić information content (AvgIpc) is 2.63. The Morgan fingerprint density at radius 1 is 1.53 bits per heavy atom. The highest BCUT2D eigenvalue weighted by Gasteiger charge is 2.19. The summed E-state index contributed by atoms with van der Waals surface area (Å²) in [5.41, 5.74) is 6.62. The number of amidine groups is 1. The Morgan fingerprint density at radius 3 is 2.89 bits per heavy atom. The van der Waals surface area contributed by atoms with Gasteiger partial charge in [0.1, 0.15) is 11.3 Å². The molecule has 0 radical (unpaired) electrons. The molecule has 0 saturated heterocycles. The summed E-state index contributed by atoms with van der Waals surface area (Å²) in [7, 11) is 1.69. The first-order valence-corrected chi connectivity index (χ1v) is 5.70. The van der Waals surface area contributed by atoms with Crippen molar-refractivity contribution in [3.8, 4) is 11.6 Å². The maximum atomic E-state index is 8.79. The van der Waals surface area contributed by atoms with Crippen LogP contribution in [0.1, 0.15) is 11.3 Å². The summed E-state index contributed by atoms with van der Waals surface area (Å²) in [6.07, 6.45) is 3.00. The number of ether oxygens (including phenoxy) is 1. The zero-order chi connectivity index (χ0) is 14.0. The van der Waals surface area contributed by atoms with E-state index < -0.39 is 0 Å². The van der Waals surface area contributed by atoms with Crippen molar-refractivity contribution < 1.29 is 9.94 Å². The molecular formula is C11H12ClN5O2. The summed E-state index contributed by atoms with van der Waals surface area (Å²) in [6.45, 7) is 1.73. The minimum atomic E-state index is -0.0735. The van der Waals surface area contributed by atoms with E-state index in [0.29, 0.717) is 27.9 Å². The highest BCUT2D eigenvalue weighted by Crippen LogP contribution is 2.27. The molecule has 0 aliphatic rings. The molecule has 100 valence electrons. The molecule has 8 heteroatoms. The van der Waals surface area contributed by atoms with E-state index in [1.165, 1.54) is 17.1 Å². The average molecular weight is 282 g/mol. The smallest absolute Gasteiger partial charge is 0.229 e. The molecular weight excluding hydrogens is 270 g/mol. The number of nitrogens with two attached hydrogens (primary N) is 1. The van der Waals surface area contributed by atoms with E-state index in [9.17, 15) is 0 Å². The molecule has 0 amide bonds. The van der Waals surface area contributed by atoms with Crippen LogP contribution in [-0.4, -0.2) is 25.8 Å². The minimum absolute atomic E-state index is 0.0735. The van der Waals surface area contributed by atoms with E-state index in [1.807, 2.05) is 0 Å². The first-order valence-electron chi connectivity index (χ1n) is 5.33. The third kappa shape index (κ3) is 2.60. The molecule has 2 rings (SSSR count). The van der Waals surface area contributed by atoms with E-state index in [4.69, 9.17) is 27.3 Å². The van der Waals surface area contributed by atoms with Gasteiger partial charge in [0.15, 0.2) is 5.84 Å². The fourth-order valence-electron chi connectivity index (χ4n) is 1.66. The van der Waals surface area contributed by atoms with Crippen LogP contribution in [0.3, 0.4) is 0 Å². The Balaban J connectivity index is 2.45. The number of hydrogen-bond acceptors (Lipinski definition) is 5. The summed E-state index contributed by atoms with van der Waals surface area (Å²) in [6, 6.07) is 1.60. The van der Waals surface area contributed by atoms with Crippen molar-refractivity contribution in [3.63, 3.8) is 0 Å². The highest BCUT2D eigenvalue weighted by atomic mass is 35.5. The van der Waals surface area contributed by atoms with Crippen molar-refractivity contribution in [2.75, 3.05) is 0 Å². The Kier molecular flexibility index (Phi) is 3.57. The van der Waals surface area contributed by atoms with E-state index in [2.05, 4.69) is 15.2 Å².